The van der Waals surface area contributed by atoms with Crippen LogP contribution in [0.5, 0.6) is 5.75 Å². The van der Waals surface area contributed by atoms with Crippen LogP contribution in [0.1, 0.15) is 47.9 Å². The van der Waals surface area contributed by atoms with Crippen LogP contribution in [0.15, 0.2) is 36.5 Å². The molecule has 0 unspecified atom stereocenters. The molecule has 146 valence electrons. The molecule has 2 aromatic heterocycles. The van der Waals surface area contributed by atoms with Crippen molar-refractivity contribution in [1.82, 2.24) is 14.8 Å². The summed E-state index contributed by atoms with van der Waals surface area (Å²) in [7, 11) is 1.58. The van der Waals surface area contributed by atoms with E-state index in [-0.39, 0.29) is 5.91 Å². The van der Waals surface area contributed by atoms with Crippen LogP contribution < -0.4 is 15.8 Å². The number of aryl methyl sites for hydroxylation is 1. The fourth-order valence-electron chi connectivity index (χ4n) is 3.75. The molecule has 0 atom stereocenters. The van der Waals surface area contributed by atoms with Crippen molar-refractivity contribution in [2.24, 2.45) is 5.73 Å². The summed E-state index contributed by atoms with van der Waals surface area (Å²) in [5.74, 6) is 0.305. The molecule has 1 saturated carbocycles. The molecule has 1 aromatic carbocycles. The zero-order valence-electron chi connectivity index (χ0n) is 16.2. The number of hydrogen-bond donors (Lipinski definition) is 2. The van der Waals surface area contributed by atoms with E-state index < -0.39 is 0 Å². The van der Waals surface area contributed by atoms with Crippen LogP contribution in [0.4, 0.5) is 5.69 Å². The first-order chi connectivity index (χ1) is 13.5. The number of nitrogens with zero attached hydrogens (tertiary/aromatic N) is 3. The highest BCUT2D eigenvalue weighted by Crippen LogP contribution is 2.33. The highest BCUT2D eigenvalue weighted by Gasteiger charge is 2.21. The molecule has 7 heteroatoms. The summed E-state index contributed by atoms with van der Waals surface area (Å²) in [6, 6.07) is 9.80. The fourth-order valence-corrected chi connectivity index (χ4v) is 3.75. The molecule has 0 aliphatic heterocycles. The average Bonchev–Trinajstić information content (AvgIpc) is 3.10. The van der Waals surface area contributed by atoms with Crippen molar-refractivity contribution in [1.29, 1.82) is 0 Å². The van der Waals surface area contributed by atoms with Crippen molar-refractivity contribution >= 4 is 22.5 Å². The van der Waals surface area contributed by atoms with E-state index in [2.05, 4.69) is 10.3 Å². The number of aromatic nitrogens is 3. The fraction of sp³-hybridized carbons (Fsp3) is 0.381. The van der Waals surface area contributed by atoms with Gasteiger partial charge in [-0.05, 0) is 50.8 Å². The van der Waals surface area contributed by atoms with Crippen molar-refractivity contribution in [3.05, 3.63) is 47.9 Å². The molecule has 1 aliphatic carbocycles. The van der Waals surface area contributed by atoms with E-state index in [4.69, 9.17) is 15.6 Å². The van der Waals surface area contributed by atoms with E-state index in [1.807, 2.05) is 42.1 Å². The van der Waals surface area contributed by atoms with Gasteiger partial charge in [-0.15, -0.1) is 0 Å². The van der Waals surface area contributed by atoms with E-state index >= 15 is 0 Å². The minimum Gasteiger partial charge on any atom is -0.494 e. The number of fused-ring (bicyclic) bond motifs is 1. The van der Waals surface area contributed by atoms with Gasteiger partial charge in [0.2, 0.25) is 0 Å². The molecule has 7 nitrogen and oxygen atoms in total. The number of ether oxygens (including phenoxy) is 1. The molecule has 2 heterocycles. The van der Waals surface area contributed by atoms with Gasteiger partial charge in [-0.3, -0.25) is 9.48 Å². The third kappa shape index (κ3) is 3.71. The van der Waals surface area contributed by atoms with E-state index in [1.165, 1.54) is 0 Å². The van der Waals surface area contributed by atoms with Gasteiger partial charge in [-0.1, -0.05) is 6.07 Å². The smallest absolute Gasteiger partial charge is 0.274 e. The lowest BCUT2D eigenvalue weighted by Crippen LogP contribution is -2.27. The molecule has 3 N–H and O–H groups in total. The van der Waals surface area contributed by atoms with Crippen molar-refractivity contribution in [2.45, 2.75) is 44.7 Å². The zero-order valence-corrected chi connectivity index (χ0v) is 16.2. The maximum absolute atomic E-state index is 12.6. The van der Waals surface area contributed by atoms with Crippen molar-refractivity contribution in [2.75, 3.05) is 12.4 Å². The number of amides is 1. The second-order valence-corrected chi connectivity index (χ2v) is 7.41. The number of nitrogens with one attached hydrogen (secondary N) is 1. The highest BCUT2D eigenvalue weighted by atomic mass is 16.5. The van der Waals surface area contributed by atoms with Crippen molar-refractivity contribution in [3.63, 3.8) is 0 Å². The summed E-state index contributed by atoms with van der Waals surface area (Å²) >= 11 is 0. The summed E-state index contributed by atoms with van der Waals surface area (Å²) in [5, 5.41) is 8.60. The van der Waals surface area contributed by atoms with Crippen molar-refractivity contribution < 1.29 is 9.53 Å². The van der Waals surface area contributed by atoms with Gasteiger partial charge in [0.15, 0.2) is 0 Å². The Balaban J connectivity index is 1.62. The normalized spacial score (nSPS) is 19.5. The molecule has 0 bridgehead atoms. The molecule has 28 heavy (non-hydrogen) atoms. The van der Waals surface area contributed by atoms with Gasteiger partial charge in [-0.25, -0.2) is 4.98 Å². The van der Waals surface area contributed by atoms with Gasteiger partial charge < -0.3 is 15.8 Å². The molecule has 0 radical (unpaired) electrons. The van der Waals surface area contributed by atoms with Crippen molar-refractivity contribution in [3.8, 4) is 5.75 Å². The molecular formula is C21H25N5O2. The topological polar surface area (TPSA) is 95.1 Å². The molecule has 1 fully saturated rings. The van der Waals surface area contributed by atoms with E-state index in [9.17, 15) is 4.79 Å². The molecule has 0 spiro atoms. The minimum absolute atomic E-state index is 0.269. The number of carbonyl (C=O) groups excluding carboxylic acids is 1. The molecule has 1 amide bonds. The first-order valence-electron chi connectivity index (χ1n) is 9.61. The summed E-state index contributed by atoms with van der Waals surface area (Å²) in [6.45, 7) is 1.86. The Morgan fingerprint density at radius 1 is 1.25 bits per heavy atom. The molecule has 1 aliphatic rings. The Labute approximate surface area is 163 Å². The summed E-state index contributed by atoms with van der Waals surface area (Å²) in [4.78, 5) is 16.9. The molecule has 4 rings (SSSR count). The second-order valence-electron chi connectivity index (χ2n) is 7.41. The SMILES string of the molecule is COc1cc2nn(C3CCC(N)CC3)cc2cc1NC(=O)c1cccc(C)n1. The highest BCUT2D eigenvalue weighted by molar-refractivity contribution is 6.05. The lowest BCUT2D eigenvalue weighted by atomic mass is 9.92. The van der Waals surface area contributed by atoms with E-state index in [0.29, 0.717) is 29.2 Å². The third-order valence-corrected chi connectivity index (χ3v) is 5.33. The van der Waals surface area contributed by atoms with Gasteiger partial charge in [0.05, 0.1) is 24.4 Å². The number of anilines is 1. The van der Waals surface area contributed by atoms with Gasteiger partial charge in [0, 0.05) is 29.4 Å². The van der Waals surface area contributed by atoms with Gasteiger partial charge in [0.1, 0.15) is 11.4 Å². The van der Waals surface area contributed by atoms with Crippen LogP contribution in [0.25, 0.3) is 10.9 Å². The quantitative estimate of drug-likeness (QED) is 0.724. The Morgan fingerprint density at radius 2 is 2.04 bits per heavy atom. The van der Waals surface area contributed by atoms with Gasteiger partial charge in [-0.2, -0.15) is 5.10 Å². The Kier molecular flexibility index (Phi) is 5.00. The number of pyridine rings is 1. The second kappa shape index (κ2) is 7.59. The van der Waals surface area contributed by atoms with Crippen LogP contribution in [0.3, 0.4) is 0 Å². The lowest BCUT2D eigenvalue weighted by molar-refractivity contribution is 0.102. The maximum atomic E-state index is 12.6. The number of carbonyl (C=O) groups is 1. The van der Waals surface area contributed by atoms with Crippen LogP contribution in [0.2, 0.25) is 0 Å². The molecular weight excluding hydrogens is 354 g/mol. The Hall–Kier alpha value is -2.93. The minimum atomic E-state index is -0.269. The predicted octanol–water partition coefficient (Wildman–Crippen LogP) is 3.44. The summed E-state index contributed by atoms with van der Waals surface area (Å²) in [5.41, 5.74) is 8.64. The maximum Gasteiger partial charge on any atom is 0.274 e. The largest absolute Gasteiger partial charge is 0.494 e. The Morgan fingerprint density at radius 3 is 2.75 bits per heavy atom. The Bertz CT molecular complexity index is 1010. The monoisotopic (exact) mass is 379 g/mol. The van der Waals surface area contributed by atoms with Gasteiger partial charge >= 0.3 is 0 Å². The zero-order chi connectivity index (χ0) is 19.7. The number of nitrogens with two attached hydrogens (primary N) is 1. The predicted molar refractivity (Wildman–Crippen MR) is 109 cm³/mol. The number of benzene rings is 1. The first-order valence-corrected chi connectivity index (χ1v) is 9.61. The molecule has 3 aromatic rings. The van der Waals surface area contributed by atoms with E-state index in [1.54, 1.807) is 13.2 Å². The summed E-state index contributed by atoms with van der Waals surface area (Å²) < 4.78 is 7.51. The number of hydrogen-bond acceptors (Lipinski definition) is 5. The van der Waals surface area contributed by atoms with Crippen LogP contribution >= 0.6 is 0 Å². The number of rotatable bonds is 4. The molecule has 0 saturated heterocycles. The third-order valence-electron chi connectivity index (χ3n) is 5.33. The average molecular weight is 379 g/mol. The van der Waals surface area contributed by atoms with Crippen LogP contribution in [0, 0.1) is 6.92 Å². The van der Waals surface area contributed by atoms with Crippen LogP contribution in [-0.4, -0.2) is 33.8 Å². The summed E-state index contributed by atoms with van der Waals surface area (Å²) in [6.07, 6.45) is 6.16. The van der Waals surface area contributed by atoms with Crippen LogP contribution in [-0.2, 0) is 0 Å². The number of methoxy groups -OCH3 is 1. The van der Waals surface area contributed by atoms with E-state index in [0.717, 1.165) is 42.3 Å². The first kappa shape index (κ1) is 18.4. The standard InChI is InChI=1S/C21H25N5O2/c1-13-4-3-5-17(23-13)21(27)24-19-10-14-12-26(16-8-6-15(22)7-9-16)25-18(14)11-20(19)28-2/h3-5,10-12,15-16H,6-9,22H2,1-2H3,(H,24,27). The van der Waals surface area contributed by atoms with Gasteiger partial charge in [0.25, 0.3) is 5.91 Å². The lowest BCUT2D eigenvalue weighted by Gasteiger charge is -2.26.